The molecule has 5 atom stereocenters. The van der Waals surface area contributed by atoms with E-state index < -0.39 is 58.8 Å². The van der Waals surface area contributed by atoms with E-state index in [1.165, 1.54) is 18.0 Å². The first kappa shape index (κ1) is 37.7. The first-order valence-electron chi connectivity index (χ1n) is 14.8. The zero-order valence-electron chi connectivity index (χ0n) is 26.5. The zero-order chi connectivity index (χ0) is 32.3. The summed E-state index contributed by atoms with van der Waals surface area (Å²) in [6.45, 7) is 3.91. The van der Waals surface area contributed by atoms with Gasteiger partial charge in [0.1, 0.15) is 12.4 Å². The second kappa shape index (κ2) is 14.8. The van der Waals surface area contributed by atoms with E-state index in [0.29, 0.717) is 23.4 Å². The molecule has 240 valence electrons. The normalized spacial score (nSPS) is 23.9. The number of carboxylic acids is 2. The monoisotopic (exact) mass is 688 g/mol. The number of carboxylic acid groups (broad SMARTS) is 2. The quantitative estimate of drug-likeness (QED) is 0.138. The Hall–Kier alpha value is -2.11. The van der Waals surface area contributed by atoms with Crippen molar-refractivity contribution >= 4 is 52.3 Å². The minimum Gasteiger partial charge on any atom is -0.545 e. The Morgan fingerprint density at radius 2 is 1.85 bits per heavy atom. The molecular formula is C30H31FN4Na2O9S. The first-order chi connectivity index (χ1) is 21.4. The average molecular weight is 689 g/mol. The van der Waals surface area contributed by atoms with E-state index in [2.05, 4.69) is 5.32 Å². The molecule has 2 aromatic rings. The number of β-lactam (4-membered cyclic amide) rings is 1. The van der Waals surface area contributed by atoms with Gasteiger partial charge in [0, 0.05) is 47.3 Å². The predicted molar refractivity (Wildman–Crippen MR) is 155 cm³/mol. The van der Waals surface area contributed by atoms with Gasteiger partial charge in [-0.1, -0.05) is 6.92 Å². The van der Waals surface area contributed by atoms with Gasteiger partial charge >= 0.3 is 65.2 Å². The minimum atomic E-state index is -1.61. The smallest absolute Gasteiger partial charge is 0.545 e. The molecule has 1 aromatic heterocycles. The largest absolute Gasteiger partial charge is 1.00 e. The van der Waals surface area contributed by atoms with Crippen molar-refractivity contribution in [3.05, 3.63) is 50.5 Å². The van der Waals surface area contributed by atoms with E-state index in [9.17, 15) is 39.3 Å². The molecule has 1 unspecified atom stereocenters. The van der Waals surface area contributed by atoms with Gasteiger partial charge in [-0.05, 0) is 38.3 Å². The second-order valence-corrected chi connectivity index (χ2v) is 13.1. The fraction of sp³-hybridized carbons (Fsp3) is 0.500. The zero-order valence-corrected chi connectivity index (χ0v) is 31.3. The number of carbonyl (C=O) groups excluding carboxylic acids is 4. The van der Waals surface area contributed by atoms with Gasteiger partial charge in [-0.3, -0.25) is 9.59 Å². The number of aliphatic hydroxyl groups is 1. The molecule has 13 nitrogen and oxygen atoms in total. The van der Waals surface area contributed by atoms with Crippen LogP contribution in [0.25, 0.3) is 10.9 Å². The van der Waals surface area contributed by atoms with Crippen LogP contribution in [0.2, 0.25) is 0 Å². The number of aliphatic carboxylic acids is 1. The van der Waals surface area contributed by atoms with Gasteiger partial charge in [-0.15, -0.1) is 11.8 Å². The molecule has 17 heteroatoms. The Kier molecular flexibility index (Phi) is 11.9. The summed E-state index contributed by atoms with van der Waals surface area (Å²) in [5.74, 6) is -5.02. The van der Waals surface area contributed by atoms with Crippen LogP contribution in [0.15, 0.2) is 33.7 Å². The van der Waals surface area contributed by atoms with Crippen LogP contribution in [0.5, 0.6) is 0 Å². The van der Waals surface area contributed by atoms with Crippen molar-refractivity contribution in [1.82, 2.24) is 14.8 Å². The molecule has 1 aliphatic carbocycles. The number of aromatic nitrogens is 1. The van der Waals surface area contributed by atoms with Crippen LogP contribution in [-0.4, -0.2) is 82.1 Å². The molecule has 0 spiro atoms. The van der Waals surface area contributed by atoms with E-state index in [1.807, 2.05) is 0 Å². The number of alkyl carbamates (subject to hydrolysis) is 1. The van der Waals surface area contributed by atoms with E-state index in [-0.39, 0.29) is 113 Å². The van der Waals surface area contributed by atoms with Crippen LogP contribution >= 0.6 is 11.8 Å². The number of anilines is 1. The summed E-state index contributed by atoms with van der Waals surface area (Å²) in [6.07, 6.45) is 1.77. The molecule has 3 aliphatic heterocycles. The summed E-state index contributed by atoms with van der Waals surface area (Å²) >= 11 is 1.16. The summed E-state index contributed by atoms with van der Waals surface area (Å²) in [6, 6.07) is 1.79. The summed E-state index contributed by atoms with van der Waals surface area (Å²) in [7, 11) is 0. The number of nitrogens with zero attached hydrogens (tertiary/aromatic N) is 3. The molecule has 4 heterocycles. The maximum atomic E-state index is 15.2. The van der Waals surface area contributed by atoms with Gasteiger partial charge in [0.05, 0.1) is 58.5 Å². The Bertz CT molecular complexity index is 1720. The standard InChI is InChI=1S/C30H33FN4O9S.2Na/c1-13-23-22(14(2)36)27(38)35(23)24(29(41)42)26(13)45-8-7-44-30(43)32-15-5-6-33(11-15)21-10-20-17(9-19(21)31)25(37)18(28(39)40)12-34(20)16-3-4-16;;/h9-10,12-16,22-23,36H,3-8,11H2,1-2H3,(H,32,43)(H,39,40)(H,41,42);;/q;2*+1/p-2/t13-,14+,15?,22-,23-;;/m0../s1. The Balaban J connectivity index is 0.00000250. The average Bonchev–Trinajstić information content (AvgIpc) is 3.66. The molecule has 2 amide bonds. The number of halogens is 1. The SMILES string of the molecule is C[C@@H]1C(SCCOC(=O)NC2CCN(c3cc4c(cc3F)c(=O)c(C(=O)[O-])cn4C3CC3)C2)=C(C(=O)[O-])N2C(=O)[C@@H]([C@@H](C)O)[C@H]12.[Na+].[Na+]. The molecule has 47 heavy (non-hydrogen) atoms. The van der Waals surface area contributed by atoms with Crippen LogP contribution in [0, 0.1) is 17.7 Å². The first-order valence-corrected chi connectivity index (χ1v) is 15.7. The van der Waals surface area contributed by atoms with E-state index in [4.69, 9.17) is 4.74 Å². The Morgan fingerprint density at radius 1 is 1.15 bits per heavy atom. The number of benzene rings is 1. The number of fused-ring (bicyclic) bond motifs is 2. The number of hydrogen-bond donors (Lipinski definition) is 2. The predicted octanol–water partition coefficient (Wildman–Crippen LogP) is -6.30. The fourth-order valence-corrected chi connectivity index (χ4v) is 7.81. The number of amides is 2. The second-order valence-electron chi connectivity index (χ2n) is 11.9. The van der Waals surface area contributed by atoms with Crippen LogP contribution in [0.1, 0.15) is 49.5 Å². The number of rotatable bonds is 10. The summed E-state index contributed by atoms with van der Waals surface area (Å²) < 4.78 is 22.2. The number of nitrogens with one attached hydrogen (secondary N) is 1. The topological polar surface area (TPSA) is 184 Å². The summed E-state index contributed by atoms with van der Waals surface area (Å²) in [5, 5.41) is 36.0. The number of carbonyl (C=O) groups is 4. The van der Waals surface area contributed by atoms with Gasteiger partial charge < -0.3 is 49.3 Å². The van der Waals surface area contributed by atoms with Crippen LogP contribution < -0.4 is 85.0 Å². The molecule has 0 radical (unpaired) electrons. The van der Waals surface area contributed by atoms with Crippen molar-refractivity contribution < 1.29 is 103 Å². The van der Waals surface area contributed by atoms with Crippen molar-refractivity contribution in [2.24, 2.45) is 11.8 Å². The molecule has 2 N–H and O–H groups in total. The van der Waals surface area contributed by atoms with Gasteiger partial charge in [-0.25, -0.2) is 9.18 Å². The van der Waals surface area contributed by atoms with Crippen LogP contribution in [0.4, 0.5) is 14.9 Å². The molecule has 3 fully saturated rings. The maximum absolute atomic E-state index is 15.2. The van der Waals surface area contributed by atoms with Gasteiger partial charge in [0.25, 0.3) is 0 Å². The Labute approximate surface area is 317 Å². The minimum absolute atomic E-state index is 0. The third-order valence-corrected chi connectivity index (χ3v) is 10.2. The number of pyridine rings is 1. The molecule has 6 rings (SSSR count). The van der Waals surface area contributed by atoms with Crippen molar-refractivity contribution in [3.8, 4) is 0 Å². The van der Waals surface area contributed by atoms with Crippen molar-refractivity contribution in [2.75, 3.05) is 30.3 Å². The van der Waals surface area contributed by atoms with E-state index in [1.54, 1.807) is 22.5 Å². The van der Waals surface area contributed by atoms with Crippen molar-refractivity contribution in [1.29, 1.82) is 0 Å². The van der Waals surface area contributed by atoms with E-state index >= 15 is 4.39 Å². The molecule has 4 aliphatic rings. The molecular weight excluding hydrogens is 657 g/mol. The summed E-state index contributed by atoms with van der Waals surface area (Å²) in [5.41, 5.74) is -0.852. The molecule has 0 bridgehead atoms. The molecule has 1 aromatic carbocycles. The van der Waals surface area contributed by atoms with Crippen molar-refractivity contribution in [3.63, 3.8) is 0 Å². The number of aliphatic hydroxyl groups excluding tert-OH is 1. The third kappa shape index (κ3) is 7.00. The number of thioether (sulfide) groups is 1. The Morgan fingerprint density at radius 3 is 2.47 bits per heavy atom. The third-order valence-electron chi connectivity index (χ3n) is 8.99. The molecule has 1 saturated carbocycles. The van der Waals surface area contributed by atoms with Gasteiger partial charge in [0.2, 0.25) is 5.91 Å². The number of hydrogen-bond acceptors (Lipinski definition) is 11. The van der Waals surface area contributed by atoms with Crippen LogP contribution in [-0.2, 0) is 14.3 Å². The van der Waals surface area contributed by atoms with Gasteiger partial charge in [-0.2, -0.15) is 0 Å². The van der Waals surface area contributed by atoms with Crippen molar-refractivity contribution in [2.45, 2.75) is 57.3 Å². The number of aromatic carboxylic acids is 1. The van der Waals surface area contributed by atoms with Crippen LogP contribution in [0.3, 0.4) is 0 Å². The fourth-order valence-electron chi connectivity index (χ4n) is 6.70. The number of ether oxygens (including phenoxy) is 1. The summed E-state index contributed by atoms with van der Waals surface area (Å²) in [4.78, 5) is 64.3. The van der Waals surface area contributed by atoms with Gasteiger partial charge in [0.15, 0.2) is 5.43 Å². The maximum Gasteiger partial charge on any atom is 1.00 e. The molecule has 2 saturated heterocycles. The van der Waals surface area contributed by atoms with E-state index in [0.717, 1.165) is 30.7 Å².